The van der Waals surface area contributed by atoms with E-state index in [0.717, 1.165) is 12.3 Å². The zero-order chi connectivity index (χ0) is 9.97. The molecule has 1 unspecified atom stereocenters. The number of nitrogens with zero attached hydrogens (tertiary/aromatic N) is 1. The van der Waals surface area contributed by atoms with Crippen LogP contribution >= 0.6 is 0 Å². The van der Waals surface area contributed by atoms with Crippen LogP contribution < -0.4 is 0 Å². The van der Waals surface area contributed by atoms with Gasteiger partial charge in [0.1, 0.15) is 0 Å². The lowest BCUT2D eigenvalue weighted by Gasteiger charge is -2.18. The second kappa shape index (κ2) is 3.88. The Morgan fingerprint density at radius 1 is 1.50 bits per heavy atom. The molecule has 2 rings (SSSR count). The number of carbonyl (C=O) groups excluding carboxylic acids is 1. The number of carbonyl (C=O) groups is 1. The van der Waals surface area contributed by atoms with Gasteiger partial charge in [0.25, 0.3) is 0 Å². The molecule has 74 valence electrons. The van der Waals surface area contributed by atoms with Crippen molar-refractivity contribution in [3.63, 3.8) is 0 Å². The minimum Gasteiger partial charge on any atom is -0.325 e. The number of hydrogen-bond donors (Lipinski definition) is 0. The van der Waals surface area contributed by atoms with Gasteiger partial charge in [-0.15, -0.1) is 6.42 Å². The molecule has 2 aliphatic rings. The highest BCUT2D eigenvalue weighted by Crippen LogP contribution is 2.30. The van der Waals surface area contributed by atoms with Crippen molar-refractivity contribution in [2.75, 3.05) is 6.54 Å². The summed E-state index contributed by atoms with van der Waals surface area (Å²) in [4.78, 5) is 13.2. The van der Waals surface area contributed by atoms with Crippen molar-refractivity contribution in [3.05, 3.63) is 12.2 Å². The molecule has 0 spiro atoms. The molecule has 14 heavy (non-hydrogen) atoms. The summed E-state index contributed by atoms with van der Waals surface area (Å²) in [6.45, 7) is 0.699. The standard InChI is InChI=1S/C12H15NO/c1-2-11-7-8-12(14)13(11)9-3-4-10-5-6-10/h1,3-4,10-11H,5-9H2/b4-3+. The van der Waals surface area contributed by atoms with Crippen LogP contribution in [0.15, 0.2) is 12.2 Å². The summed E-state index contributed by atoms with van der Waals surface area (Å²) in [6.07, 6.45) is 13.7. The summed E-state index contributed by atoms with van der Waals surface area (Å²) in [7, 11) is 0. The van der Waals surface area contributed by atoms with E-state index in [0.29, 0.717) is 13.0 Å². The molecule has 1 aliphatic carbocycles. The van der Waals surface area contributed by atoms with Gasteiger partial charge >= 0.3 is 0 Å². The van der Waals surface area contributed by atoms with Crippen LogP contribution in [0.25, 0.3) is 0 Å². The molecule has 2 nitrogen and oxygen atoms in total. The third kappa shape index (κ3) is 1.98. The fourth-order valence-electron chi connectivity index (χ4n) is 1.79. The highest BCUT2D eigenvalue weighted by Gasteiger charge is 2.28. The molecule has 0 aromatic rings. The number of hydrogen-bond acceptors (Lipinski definition) is 1. The van der Waals surface area contributed by atoms with E-state index in [1.165, 1.54) is 12.8 Å². The molecule has 1 saturated heterocycles. The Morgan fingerprint density at radius 3 is 2.93 bits per heavy atom. The van der Waals surface area contributed by atoms with Gasteiger partial charge in [-0.1, -0.05) is 18.1 Å². The van der Waals surface area contributed by atoms with Crippen molar-refractivity contribution in [1.82, 2.24) is 4.90 Å². The van der Waals surface area contributed by atoms with Crippen molar-refractivity contribution >= 4 is 5.91 Å². The summed E-state index contributed by atoms with van der Waals surface area (Å²) in [5.41, 5.74) is 0. The van der Waals surface area contributed by atoms with E-state index in [1.807, 2.05) is 0 Å². The Balaban J connectivity index is 1.87. The molecule has 2 heteroatoms. The molecule has 1 atom stereocenters. The molecule has 1 heterocycles. The largest absolute Gasteiger partial charge is 0.325 e. The lowest BCUT2D eigenvalue weighted by atomic mass is 10.2. The highest BCUT2D eigenvalue weighted by molar-refractivity contribution is 5.79. The van der Waals surface area contributed by atoms with Crippen LogP contribution in [-0.4, -0.2) is 23.4 Å². The predicted molar refractivity (Wildman–Crippen MR) is 55.4 cm³/mol. The predicted octanol–water partition coefficient (Wildman–Crippen LogP) is 1.58. The lowest BCUT2D eigenvalue weighted by molar-refractivity contribution is -0.127. The second-order valence-corrected chi connectivity index (χ2v) is 4.03. The van der Waals surface area contributed by atoms with Gasteiger partial charge in [-0.3, -0.25) is 4.79 Å². The van der Waals surface area contributed by atoms with Crippen molar-refractivity contribution in [1.29, 1.82) is 0 Å². The molecule has 2 fully saturated rings. The van der Waals surface area contributed by atoms with Crippen molar-refractivity contribution in [3.8, 4) is 12.3 Å². The van der Waals surface area contributed by atoms with Crippen LogP contribution in [0.5, 0.6) is 0 Å². The normalized spacial score (nSPS) is 27.2. The molecule has 0 aromatic heterocycles. The van der Waals surface area contributed by atoms with Crippen molar-refractivity contribution in [2.24, 2.45) is 5.92 Å². The van der Waals surface area contributed by atoms with Crippen LogP contribution in [0.1, 0.15) is 25.7 Å². The van der Waals surface area contributed by atoms with Gasteiger partial charge in [-0.2, -0.15) is 0 Å². The third-order valence-corrected chi connectivity index (χ3v) is 2.85. The van der Waals surface area contributed by atoms with E-state index in [-0.39, 0.29) is 11.9 Å². The first kappa shape index (κ1) is 9.33. The van der Waals surface area contributed by atoms with Gasteiger partial charge in [0, 0.05) is 13.0 Å². The molecule has 0 bridgehead atoms. The number of likely N-dealkylation sites (tertiary alicyclic amines) is 1. The van der Waals surface area contributed by atoms with E-state index < -0.39 is 0 Å². The van der Waals surface area contributed by atoms with Crippen LogP contribution in [0, 0.1) is 18.3 Å². The van der Waals surface area contributed by atoms with Gasteiger partial charge < -0.3 is 4.90 Å². The van der Waals surface area contributed by atoms with Gasteiger partial charge in [0.05, 0.1) is 6.04 Å². The number of allylic oxidation sites excluding steroid dienone is 1. The quantitative estimate of drug-likeness (QED) is 0.487. The van der Waals surface area contributed by atoms with E-state index in [4.69, 9.17) is 6.42 Å². The van der Waals surface area contributed by atoms with Gasteiger partial charge in [0.15, 0.2) is 0 Å². The van der Waals surface area contributed by atoms with Crippen LogP contribution in [0.2, 0.25) is 0 Å². The van der Waals surface area contributed by atoms with E-state index in [2.05, 4.69) is 18.1 Å². The number of amides is 1. The van der Waals surface area contributed by atoms with Gasteiger partial charge in [-0.05, 0) is 25.2 Å². The molecule has 0 aromatic carbocycles. The Kier molecular flexibility index (Phi) is 2.58. The Morgan fingerprint density at radius 2 is 2.29 bits per heavy atom. The first-order valence-electron chi connectivity index (χ1n) is 5.23. The third-order valence-electron chi connectivity index (χ3n) is 2.85. The van der Waals surface area contributed by atoms with Crippen LogP contribution in [-0.2, 0) is 4.79 Å². The van der Waals surface area contributed by atoms with E-state index in [1.54, 1.807) is 4.90 Å². The molecule has 1 aliphatic heterocycles. The fraction of sp³-hybridized carbons (Fsp3) is 0.583. The maximum absolute atomic E-state index is 11.4. The summed E-state index contributed by atoms with van der Waals surface area (Å²) in [5.74, 6) is 3.65. The summed E-state index contributed by atoms with van der Waals surface area (Å²) >= 11 is 0. The molecule has 0 N–H and O–H groups in total. The monoisotopic (exact) mass is 189 g/mol. The fourth-order valence-corrected chi connectivity index (χ4v) is 1.79. The topological polar surface area (TPSA) is 20.3 Å². The average Bonchev–Trinajstić information content (AvgIpc) is 2.93. The first-order chi connectivity index (χ1) is 6.81. The van der Waals surface area contributed by atoms with E-state index >= 15 is 0 Å². The lowest BCUT2D eigenvalue weighted by Crippen LogP contribution is -2.31. The van der Waals surface area contributed by atoms with E-state index in [9.17, 15) is 4.79 Å². The minimum absolute atomic E-state index is 0.0337. The first-order valence-corrected chi connectivity index (χ1v) is 5.23. The van der Waals surface area contributed by atoms with Gasteiger partial charge in [-0.25, -0.2) is 0 Å². The summed E-state index contributed by atoms with van der Waals surface area (Å²) < 4.78 is 0. The highest BCUT2D eigenvalue weighted by atomic mass is 16.2. The maximum Gasteiger partial charge on any atom is 0.223 e. The van der Waals surface area contributed by atoms with Crippen LogP contribution in [0.4, 0.5) is 0 Å². The molecular formula is C12H15NO. The molecule has 0 radical (unpaired) electrons. The minimum atomic E-state index is 0.0337. The Bertz CT molecular complexity index is 296. The molecule has 1 amide bonds. The van der Waals surface area contributed by atoms with Gasteiger partial charge in [0.2, 0.25) is 5.91 Å². The zero-order valence-electron chi connectivity index (χ0n) is 8.28. The Labute approximate surface area is 85.0 Å². The molecular weight excluding hydrogens is 174 g/mol. The van der Waals surface area contributed by atoms with Crippen molar-refractivity contribution < 1.29 is 4.79 Å². The SMILES string of the molecule is C#CC1CCC(=O)N1C/C=C/C1CC1. The smallest absolute Gasteiger partial charge is 0.223 e. The Hall–Kier alpha value is -1.23. The summed E-state index contributed by atoms with van der Waals surface area (Å²) in [5, 5.41) is 0. The number of rotatable bonds is 3. The zero-order valence-corrected chi connectivity index (χ0v) is 8.28. The maximum atomic E-state index is 11.4. The average molecular weight is 189 g/mol. The van der Waals surface area contributed by atoms with Crippen LogP contribution in [0.3, 0.4) is 0 Å². The number of terminal acetylenes is 1. The summed E-state index contributed by atoms with van der Waals surface area (Å²) in [6, 6.07) is 0.0337. The van der Waals surface area contributed by atoms with Crippen molar-refractivity contribution in [2.45, 2.75) is 31.7 Å². The second-order valence-electron chi connectivity index (χ2n) is 4.03. The molecule has 1 saturated carbocycles.